The molecule has 0 amide bonds. The minimum atomic E-state index is -0.394. The van der Waals surface area contributed by atoms with Gasteiger partial charge in [0.2, 0.25) is 0 Å². The highest BCUT2D eigenvalue weighted by molar-refractivity contribution is 5.78. The van der Waals surface area contributed by atoms with E-state index in [0.29, 0.717) is 5.52 Å². The van der Waals surface area contributed by atoms with E-state index >= 15 is 0 Å². The van der Waals surface area contributed by atoms with E-state index in [1.807, 2.05) is 23.7 Å². The van der Waals surface area contributed by atoms with Gasteiger partial charge in [-0.05, 0) is 30.3 Å². The van der Waals surface area contributed by atoms with Gasteiger partial charge >= 0.3 is 0 Å². The van der Waals surface area contributed by atoms with Crippen LogP contribution in [0.3, 0.4) is 0 Å². The van der Waals surface area contributed by atoms with Gasteiger partial charge in [0.05, 0.1) is 16.0 Å². The minimum Gasteiger partial charge on any atom is -0.369 e. The molecule has 2 heterocycles. The predicted octanol–water partition coefficient (Wildman–Crippen LogP) is 2.99. The number of benzene rings is 2. The summed E-state index contributed by atoms with van der Waals surface area (Å²) in [7, 11) is 1.95. The maximum Gasteiger partial charge on any atom is 0.271 e. The molecule has 0 atom stereocenters. The Morgan fingerprint density at radius 2 is 1.82 bits per heavy atom. The third-order valence-corrected chi connectivity index (χ3v) is 5.38. The van der Waals surface area contributed by atoms with Crippen molar-refractivity contribution in [2.45, 2.75) is 6.42 Å². The smallest absolute Gasteiger partial charge is 0.271 e. The largest absolute Gasteiger partial charge is 0.369 e. The lowest BCUT2D eigenvalue weighted by Gasteiger charge is -2.36. The summed E-state index contributed by atoms with van der Waals surface area (Å²) >= 11 is 0. The van der Waals surface area contributed by atoms with Crippen molar-refractivity contribution < 1.29 is 9.31 Å². The number of piperazine rings is 1. The second-order valence-electron chi connectivity index (χ2n) is 7.07. The molecule has 28 heavy (non-hydrogen) atoms. The molecule has 0 saturated carbocycles. The maximum absolute atomic E-state index is 13.1. The Morgan fingerprint density at radius 3 is 2.50 bits per heavy atom. The van der Waals surface area contributed by atoms with Crippen LogP contribution in [-0.4, -0.2) is 52.1 Å². The highest BCUT2D eigenvalue weighted by Gasteiger charge is 2.18. The lowest BCUT2D eigenvalue weighted by atomic mass is 10.2. The molecule has 1 saturated heterocycles. The van der Waals surface area contributed by atoms with Gasteiger partial charge in [-0.2, -0.15) is 0 Å². The van der Waals surface area contributed by atoms with Crippen LogP contribution in [0.4, 0.5) is 15.8 Å². The van der Waals surface area contributed by atoms with Crippen molar-refractivity contribution >= 4 is 22.4 Å². The van der Waals surface area contributed by atoms with Gasteiger partial charge in [0.25, 0.3) is 5.69 Å². The number of aromatic nitrogens is 2. The number of imidazole rings is 1. The van der Waals surface area contributed by atoms with E-state index in [2.05, 4.69) is 14.8 Å². The first-order valence-electron chi connectivity index (χ1n) is 9.34. The number of non-ortho nitro benzene ring substituents is 1. The van der Waals surface area contributed by atoms with Gasteiger partial charge in [0.1, 0.15) is 11.6 Å². The van der Waals surface area contributed by atoms with Gasteiger partial charge in [-0.3, -0.25) is 15.0 Å². The second kappa shape index (κ2) is 7.55. The number of halogens is 1. The van der Waals surface area contributed by atoms with Crippen LogP contribution < -0.4 is 4.90 Å². The molecule has 1 aliphatic heterocycles. The van der Waals surface area contributed by atoms with E-state index in [1.165, 1.54) is 24.3 Å². The minimum absolute atomic E-state index is 0.0639. The monoisotopic (exact) mass is 383 g/mol. The van der Waals surface area contributed by atoms with Crippen molar-refractivity contribution in [3.8, 4) is 0 Å². The van der Waals surface area contributed by atoms with E-state index < -0.39 is 4.92 Å². The molecule has 1 fully saturated rings. The first kappa shape index (κ1) is 18.4. The number of aryl methyl sites for hydroxylation is 1. The zero-order chi connectivity index (χ0) is 19.7. The molecule has 7 nitrogen and oxygen atoms in total. The van der Waals surface area contributed by atoms with Crippen LogP contribution in [0.5, 0.6) is 0 Å². The van der Waals surface area contributed by atoms with Crippen LogP contribution in [0, 0.1) is 15.9 Å². The van der Waals surface area contributed by atoms with Crippen LogP contribution in [0.15, 0.2) is 42.5 Å². The number of nitro groups is 1. The molecule has 4 rings (SSSR count). The summed E-state index contributed by atoms with van der Waals surface area (Å²) in [4.78, 5) is 19.8. The van der Waals surface area contributed by atoms with E-state index in [0.717, 1.165) is 56.2 Å². The Morgan fingerprint density at radius 1 is 1.11 bits per heavy atom. The van der Waals surface area contributed by atoms with Crippen molar-refractivity contribution in [2.75, 3.05) is 37.6 Å². The SMILES string of the molecule is Cn1c(CCN2CCN(c3ccc(F)cc3)CC2)nc2cc([N+](=O)[O-])ccc21. The quantitative estimate of drug-likeness (QED) is 0.501. The second-order valence-corrected chi connectivity index (χ2v) is 7.07. The number of nitrogens with zero attached hydrogens (tertiary/aromatic N) is 5. The topological polar surface area (TPSA) is 67.4 Å². The fourth-order valence-corrected chi connectivity index (χ4v) is 3.71. The van der Waals surface area contributed by atoms with E-state index in [9.17, 15) is 14.5 Å². The molecule has 0 aliphatic carbocycles. The number of anilines is 1. The molecule has 0 N–H and O–H groups in total. The average Bonchev–Trinajstić information content (AvgIpc) is 3.02. The van der Waals surface area contributed by atoms with Gasteiger partial charge in [0.15, 0.2) is 0 Å². The molecule has 0 bridgehead atoms. The predicted molar refractivity (Wildman–Crippen MR) is 106 cm³/mol. The Kier molecular flexibility index (Phi) is 4.95. The Hall–Kier alpha value is -3.00. The summed E-state index contributed by atoms with van der Waals surface area (Å²) in [6.07, 6.45) is 0.787. The number of hydrogen-bond acceptors (Lipinski definition) is 5. The summed E-state index contributed by atoms with van der Waals surface area (Å²) in [5.41, 5.74) is 2.68. The molecule has 3 aromatic rings. The number of fused-ring (bicyclic) bond motifs is 1. The molecule has 2 aromatic carbocycles. The zero-order valence-electron chi connectivity index (χ0n) is 15.7. The third kappa shape index (κ3) is 3.68. The van der Waals surface area contributed by atoms with Gasteiger partial charge < -0.3 is 9.47 Å². The van der Waals surface area contributed by atoms with E-state index in [1.54, 1.807) is 6.07 Å². The maximum atomic E-state index is 13.1. The van der Waals surface area contributed by atoms with E-state index in [-0.39, 0.29) is 11.5 Å². The normalized spacial score (nSPS) is 15.3. The van der Waals surface area contributed by atoms with Crippen molar-refractivity contribution in [1.82, 2.24) is 14.5 Å². The Balaban J connectivity index is 1.37. The number of rotatable bonds is 5. The van der Waals surface area contributed by atoms with Crippen LogP contribution in [-0.2, 0) is 13.5 Å². The summed E-state index contributed by atoms with van der Waals surface area (Å²) in [5, 5.41) is 11.0. The fraction of sp³-hybridized carbons (Fsp3) is 0.350. The lowest BCUT2D eigenvalue weighted by Crippen LogP contribution is -2.47. The number of hydrogen-bond donors (Lipinski definition) is 0. The molecular formula is C20H22FN5O2. The average molecular weight is 383 g/mol. The van der Waals surface area contributed by atoms with Gasteiger partial charge in [-0.15, -0.1) is 0 Å². The van der Waals surface area contributed by atoms with E-state index in [4.69, 9.17) is 0 Å². The van der Waals surface area contributed by atoms with Crippen LogP contribution in [0.2, 0.25) is 0 Å². The fourth-order valence-electron chi connectivity index (χ4n) is 3.71. The highest BCUT2D eigenvalue weighted by Crippen LogP contribution is 2.22. The zero-order valence-corrected chi connectivity index (χ0v) is 15.7. The summed E-state index contributed by atoms with van der Waals surface area (Å²) in [5.74, 6) is 0.714. The molecule has 0 radical (unpaired) electrons. The third-order valence-electron chi connectivity index (χ3n) is 5.38. The molecule has 8 heteroatoms. The van der Waals surface area contributed by atoms with Crippen LogP contribution >= 0.6 is 0 Å². The summed E-state index contributed by atoms with van der Waals surface area (Å²) < 4.78 is 15.1. The first-order valence-corrected chi connectivity index (χ1v) is 9.34. The molecule has 1 aromatic heterocycles. The van der Waals surface area contributed by atoms with Crippen molar-refractivity contribution in [1.29, 1.82) is 0 Å². The highest BCUT2D eigenvalue weighted by atomic mass is 19.1. The molecule has 0 spiro atoms. The lowest BCUT2D eigenvalue weighted by molar-refractivity contribution is -0.384. The molecule has 146 valence electrons. The van der Waals surface area contributed by atoms with Crippen molar-refractivity contribution in [2.24, 2.45) is 7.05 Å². The van der Waals surface area contributed by atoms with Crippen LogP contribution in [0.1, 0.15) is 5.82 Å². The Labute approximate surface area is 162 Å². The van der Waals surface area contributed by atoms with Gasteiger partial charge in [0, 0.05) is 64.0 Å². The molecular weight excluding hydrogens is 361 g/mol. The van der Waals surface area contributed by atoms with Crippen molar-refractivity contribution in [3.63, 3.8) is 0 Å². The van der Waals surface area contributed by atoms with Crippen LogP contribution in [0.25, 0.3) is 11.0 Å². The van der Waals surface area contributed by atoms with Crippen molar-refractivity contribution in [3.05, 3.63) is 64.2 Å². The molecule has 0 unspecified atom stereocenters. The standard InChI is InChI=1S/C20H22FN5O2/c1-23-19-7-6-17(26(27)28)14-18(19)22-20(23)8-9-24-10-12-25(13-11-24)16-4-2-15(21)3-5-16/h2-7,14H,8-13H2,1H3. The summed E-state index contributed by atoms with van der Waals surface area (Å²) in [6.45, 7) is 4.57. The first-order chi connectivity index (χ1) is 13.5. The van der Waals surface area contributed by atoms with Gasteiger partial charge in [-0.25, -0.2) is 9.37 Å². The molecule has 1 aliphatic rings. The number of nitro benzene ring substituents is 1. The summed E-state index contributed by atoms with van der Waals surface area (Å²) in [6, 6.07) is 11.4. The van der Waals surface area contributed by atoms with Gasteiger partial charge in [-0.1, -0.05) is 0 Å². The Bertz CT molecular complexity index is 994.